The molecule has 1 aliphatic rings. The van der Waals surface area contributed by atoms with Crippen molar-refractivity contribution in [2.45, 2.75) is 24.3 Å². The van der Waals surface area contributed by atoms with Crippen molar-refractivity contribution in [2.75, 3.05) is 17.3 Å². The molecule has 8 heteroatoms. The van der Waals surface area contributed by atoms with Crippen molar-refractivity contribution in [3.63, 3.8) is 0 Å². The van der Waals surface area contributed by atoms with E-state index in [1.165, 1.54) is 0 Å². The summed E-state index contributed by atoms with van der Waals surface area (Å²) in [4.78, 5) is 4.98. The van der Waals surface area contributed by atoms with Crippen molar-refractivity contribution in [3.8, 4) is 0 Å². The molecule has 28 heavy (non-hydrogen) atoms. The minimum absolute atomic E-state index is 0.0336. The van der Waals surface area contributed by atoms with E-state index < -0.39 is 19.7 Å². The van der Waals surface area contributed by atoms with E-state index in [1.54, 1.807) is 30.3 Å². The molecule has 1 fully saturated rings. The highest BCUT2D eigenvalue weighted by molar-refractivity contribution is 7.91. The fraction of sp³-hybridized carbons (Fsp3) is 0.350. The second kappa shape index (κ2) is 7.33. The highest BCUT2D eigenvalue weighted by Gasteiger charge is 2.29. The number of benzene rings is 2. The van der Waals surface area contributed by atoms with Gasteiger partial charge in [0, 0.05) is 13.0 Å². The number of imidazole rings is 1. The van der Waals surface area contributed by atoms with Crippen LogP contribution in [0.15, 0.2) is 59.5 Å². The summed E-state index contributed by atoms with van der Waals surface area (Å²) in [6, 6.07) is 16.0. The molecule has 2 aromatic carbocycles. The smallest absolute Gasteiger partial charge is 0.180 e. The molecule has 0 aliphatic carbocycles. The first-order valence-electron chi connectivity index (χ1n) is 9.26. The highest BCUT2D eigenvalue weighted by atomic mass is 32.2. The van der Waals surface area contributed by atoms with Gasteiger partial charge in [-0.05, 0) is 36.6 Å². The Morgan fingerprint density at radius 2 is 1.75 bits per heavy atom. The Kier molecular flexibility index (Phi) is 5.01. The van der Waals surface area contributed by atoms with Gasteiger partial charge in [0.05, 0.1) is 33.2 Å². The van der Waals surface area contributed by atoms with Crippen LogP contribution in [0.5, 0.6) is 0 Å². The predicted molar refractivity (Wildman–Crippen MR) is 109 cm³/mol. The van der Waals surface area contributed by atoms with Crippen LogP contribution < -0.4 is 0 Å². The number of para-hydroxylation sites is 2. The largest absolute Gasteiger partial charge is 0.327 e. The Morgan fingerprint density at radius 3 is 2.46 bits per heavy atom. The monoisotopic (exact) mass is 418 g/mol. The number of aromatic nitrogens is 2. The average molecular weight is 419 g/mol. The lowest BCUT2D eigenvalue weighted by atomic mass is 10.1. The molecular formula is C20H22N2O4S2. The van der Waals surface area contributed by atoms with E-state index in [1.807, 2.05) is 28.8 Å². The molecule has 0 saturated carbocycles. The zero-order chi connectivity index (χ0) is 19.8. The van der Waals surface area contributed by atoms with Gasteiger partial charge in [-0.3, -0.25) is 0 Å². The summed E-state index contributed by atoms with van der Waals surface area (Å²) in [7, 11) is -6.38. The van der Waals surface area contributed by atoms with E-state index in [9.17, 15) is 16.8 Å². The predicted octanol–water partition coefficient (Wildman–Crippen LogP) is 2.49. The van der Waals surface area contributed by atoms with Crippen LogP contribution in [0.1, 0.15) is 12.2 Å². The number of aryl methyl sites for hydroxylation is 1. The van der Waals surface area contributed by atoms with E-state index in [2.05, 4.69) is 4.98 Å². The van der Waals surface area contributed by atoms with Gasteiger partial charge in [0.2, 0.25) is 0 Å². The summed E-state index contributed by atoms with van der Waals surface area (Å²) in [6.07, 6.45) is 1.17. The van der Waals surface area contributed by atoms with E-state index >= 15 is 0 Å². The second-order valence-electron chi connectivity index (χ2n) is 7.27. The van der Waals surface area contributed by atoms with Crippen LogP contribution in [-0.4, -0.2) is 43.6 Å². The quantitative estimate of drug-likeness (QED) is 0.614. The van der Waals surface area contributed by atoms with Crippen molar-refractivity contribution in [3.05, 3.63) is 60.4 Å². The molecule has 4 rings (SSSR count). The van der Waals surface area contributed by atoms with Gasteiger partial charge < -0.3 is 4.57 Å². The normalized spacial score (nSPS) is 19.2. The number of sulfone groups is 2. The molecule has 3 aromatic rings. The molecule has 1 atom stereocenters. The van der Waals surface area contributed by atoms with Crippen LogP contribution in [0.2, 0.25) is 0 Å². The average Bonchev–Trinajstić information content (AvgIpc) is 3.20. The van der Waals surface area contributed by atoms with E-state index in [-0.39, 0.29) is 29.7 Å². The van der Waals surface area contributed by atoms with Crippen molar-refractivity contribution in [1.29, 1.82) is 0 Å². The Labute approximate surface area is 165 Å². The van der Waals surface area contributed by atoms with Crippen molar-refractivity contribution in [1.82, 2.24) is 9.55 Å². The van der Waals surface area contributed by atoms with Crippen LogP contribution in [0.25, 0.3) is 11.0 Å². The molecule has 0 bridgehead atoms. The Hall–Kier alpha value is -2.19. The molecule has 1 aromatic heterocycles. The van der Waals surface area contributed by atoms with E-state index in [4.69, 9.17) is 0 Å². The molecular weight excluding hydrogens is 396 g/mol. The van der Waals surface area contributed by atoms with Crippen LogP contribution in [-0.2, 0) is 32.6 Å². The summed E-state index contributed by atoms with van der Waals surface area (Å²) in [5, 5.41) is 0. The summed E-state index contributed by atoms with van der Waals surface area (Å²) >= 11 is 0. The number of hydrogen-bond donors (Lipinski definition) is 0. The van der Waals surface area contributed by atoms with Gasteiger partial charge in [0.25, 0.3) is 0 Å². The highest BCUT2D eigenvalue weighted by Crippen LogP contribution is 2.25. The summed E-state index contributed by atoms with van der Waals surface area (Å²) in [6.45, 7) is 0.284. The zero-order valence-corrected chi connectivity index (χ0v) is 17.0. The maximum absolute atomic E-state index is 12.7. The first-order chi connectivity index (χ1) is 13.3. The van der Waals surface area contributed by atoms with Gasteiger partial charge in [-0.1, -0.05) is 30.3 Å². The minimum Gasteiger partial charge on any atom is -0.327 e. The lowest BCUT2D eigenvalue weighted by Crippen LogP contribution is -2.17. The van der Waals surface area contributed by atoms with E-state index in [0.29, 0.717) is 17.7 Å². The standard InChI is InChI=1S/C20H22N2O4S2/c23-27(24)12-10-16(15-27)14-20-21-18-8-4-5-9-19(18)22(20)11-13-28(25,26)17-6-2-1-3-7-17/h1-9,16H,10-15H2. The summed E-state index contributed by atoms with van der Waals surface area (Å²) in [5.74, 6) is 1.16. The van der Waals surface area contributed by atoms with Crippen molar-refractivity contribution < 1.29 is 16.8 Å². The van der Waals surface area contributed by atoms with Gasteiger partial charge in [0.1, 0.15) is 5.82 Å². The third kappa shape index (κ3) is 3.98. The maximum Gasteiger partial charge on any atom is 0.180 e. The molecule has 0 amide bonds. The van der Waals surface area contributed by atoms with Crippen LogP contribution in [0.4, 0.5) is 0 Å². The Morgan fingerprint density at radius 1 is 1.04 bits per heavy atom. The van der Waals surface area contributed by atoms with Crippen molar-refractivity contribution in [2.24, 2.45) is 5.92 Å². The topological polar surface area (TPSA) is 86.1 Å². The van der Waals surface area contributed by atoms with Crippen LogP contribution in [0.3, 0.4) is 0 Å². The van der Waals surface area contributed by atoms with Crippen molar-refractivity contribution >= 4 is 30.7 Å². The molecule has 0 N–H and O–H groups in total. The third-order valence-corrected chi connectivity index (χ3v) is 8.76. The first kappa shape index (κ1) is 19.1. The lowest BCUT2D eigenvalue weighted by molar-refractivity contribution is 0.548. The molecule has 1 unspecified atom stereocenters. The maximum atomic E-state index is 12.7. The van der Waals surface area contributed by atoms with Gasteiger partial charge >= 0.3 is 0 Å². The number of fused-ring (bicyclic) bond motifs is 1. The number of nitrogens with zero attached hydrogens (tertiary/aromatic N) is 2. The second-order valence-corrected chi connectivity index (χ2v) is 11.6. The lowest BCUT2D eigenvalue weighted by Gasteiger charge is -2.12. The zero-order valence-electron chi connectivity index (χ0n) is 15.4. The fourth-order valence-corrected chi connectivity index (χ4v) is 6.87. The Bertz CT molecular complexity index is 1200. The van der Waals surface area contributed by atoms with Gasteiger partial charge in [-0.15, -0.1) is 0 Å². The Balaban J connectivity index is 1.62. The molecule has 1 aliphatic heterocycles. The molecule has 148 valence electrons. The number of hydrogen-bond acceptors (Lipinski definition) is 5. The van der Waals surface area contributed by atoms with Gasteiger partial charge in [0.15, 0.2) is 19.7 Å². The van der Waals surface area contributed by atoms with Gasteiger partial charge in [-0.25, -0.2) is 21.8 Å². The molecule has 6 nitrogen and oxygen atoms in total. The number of rotatable bonds is 6. The first-order valence-corrected chi connectivity index (χ1v) is 12.7. The summed E-state index contributed by atoms with van der Waals surface area (Å²) in [5.41, 5.74) is 1.68. The third-order valence-electron chi connectivity index (χ3n) is 5.22. The SMILES string of the molecule is O=S1(=O)CCC(Cc2nc3ccccc3n2CCS(=O)(=O)c2ccccc2)C1. The molecule has 2 heterocycles. The van der Waals surface area contributed by atoms with E-state index in [0.717, 1.165) is 16.9 Å². The van der Waals surface area contributed by atoms with Gasteiger partial charge in [-0.2, -0.15) is 0 Å². The van der Waals surface area contributed by atoms with Crippen LogP contribution in [0, 0.1) is 5.92 Å². The molecule has 0 radical (unpaired) electrons. The molecule has 0 spiro atoms. The van der Waals surface area contributed by atoms with Crippen LogP contribution >= 0.6 is 0 Å². The minimum atomic E-state index is -3.41. The summed E-state index contributed by atoms with van der Waals surface area (Å²) < 4.78 is 50.9. The molecule has 1 saturated heterocycles. The fourth-order valence-electron chi connectivity index (χ4n) is 3.78.